The predicted octanol–water partition coefficient (Wildman–Crippen LogP) is 2.80. The molecule has 2 N–H and O–H groups in total. The van der Waals surface area contributed by atoms with E-state index in [0.717, 1.165) is 12.1 Å². The molecule has 0 amide bonds. The fraction of sp³-hybridized carbons (Fsp3) is 0.357. The van der Waals surface area contributed by atoms with E-state index < -0.39 is 23.9 Å². The van der Waals surface area contributed by atoms with E-state index in [-0.39, 0.29) is 11.4 Å². The van der Waals surface area contributed by atoms with E-state index in [1.807, 2.05) is 0 Å². The number of aromatic nitrogens is 2. The van der Waals surface area contributed by atoms with Crippen LogP contribution in [0.1, 0.15) is 28.5 Å². The first-order valence-corrected chi connectivity index (χ1v) is 6.88. The number of benzene rings is 1. The molecule has 1 aliphatic carbocycles. The van der Waals surface area contributed by atoms with Crippen LogP contribution in [-0.4, -0.2) is 26.1 Å². The van der Waals surface area contributed by atoms with Gasteiger partial charge in [0, 0.05) is 12.6 Å². The molecule has 0 aliphatic heterocycles. The molecule has 1 aromatic heterocycles. The molecule has 0 bridgehead atoms. The third-order valence-corrected chi connectivity index (χ3v) is 3.99. The van der Waals surface area contributed by atoms with Crippen molar-refractivity contribution in [3.05, 3.63) is 45.7 Å². The number of aliphatic hydroxyl groups is 2. The zero-order valence-electron chi connectivity index (χ0n) is 11.4. The Bertz CT molecular complexity index is 719. The fourth-order valence-corrected chi connectivity index (χ4v) is 3.01. The van der Waals surface area contributed by atoms with Crippen LogP contribution in [0.3, 0.4) is 0 Å². The second kappa shape index (κ2) is 4.97. The lowest BCUT2D eigenvalue weighted by atomic mass is 10.1. The van der Waals surface area contributed by atoms with Crippen molar-refractivity contribution < 1.29 is 23.4 Å². The molecule has 3 rings (SSSR count). The second-order valence-corrected chi connectivity index (χ2v) is 5.73. The maximum atomic E-state index is 12.8. The van der Waals surface area contributed by atoms with Crippen LogP contribution in [-0.2, 0) is 12.6 Å². The summed E-state index contributed by atoms with van der Waals surface area (Å²) >= 11 is 5.99. The van der Waals surface area contributed by atoms with Gasteiger partial charge in [0.2, 0.25) is 0 Å². The van der Waals surface area contributed by atoms with E-state index in [1.165, 1.54) is 11.6 Å². The average Bonchev–Trinajstić information content (AvgIpc) is 2.89. The van der Waals surface area contributed by atoms with Gasteiger partial charge in [-0.1, -0.05) is 11.6 Å². The second-order valence-electron chi connectivity index (χ2n) is 5.32. The number of rotatable bonds is 1. The van der Waals surface area contributed by atoms with Crippen molar-refractivity contribution in [3.8, 4) is 5.69 Å². The number of alkyl halides is 3. The van der Waals surface area contributed by atoms with Crippen LogP contribution in [0.5, 0.6) is 0 Å². The Morgan fingerprint density at radius 1 is 1.32 bits per heavy atom. The number of halogens is 4. The van der Waals surface area contributed by atoms with Gasteiger partial charge in [0.15, 0.2) is 0 Å². The maximum Gasteiger partial charge on any atom is 0.416 e. The van der Waals surface area contributed by atoms with Gasteiger partial charge < -0.3 is 10.2 Å². The molecule has 1 aromatic carbocycles. The van der Waals surface area contributed by atoms with Crippen molar-refractivity contribution in [2.45, 2.75) is 31.7 Å². The molecule has 2 atom stereocenters. The lowest BCUT2D eigenvalue weighted by Crippen LogP contribution is -2.14. The molecule has 0 fully saturated rings. The summed E-state index contributed by atoms with van der Waals surface area (Å²) in [5.41, 5.74) is 0.786. The van der Waals surface area contributed by atoms with Gasteiger partial charge in [0.1, 0.15) is 6.10 Å². The van der Waals surface area contributed by atoms with Gasteiger partial charge >= 0.3 is 6.18 Å². The molecule has 0 saturated carbocycles. The summed E-state index contributed by atoms with van der Waals surface area (Å²) in [5.74, 6) is 0. The highest BCUT2D eigenvalue weighted by atomic mass is 35.5. The van der Waals surface area contributed by atoms with Crippen LogP contribution in [0.4, 0.5) is 13.2 Å². The summed E-state index contributed by atoms with van der Waals surface area (Å²) < 4.78 is 39.6. The Hall–Kier alpha value is -1.57. The predicted molar refractivity (Wildman–Crippen MR) is 73.0 cm³/mol. The Morgan fingerprint density at radius 3 is 2.55 bits per heavy atom. The van der Waals surface area contributed by atoms with Crippen LogP contribution in [0.25, 0.3) is 5.69 Å². The molecule has 1 heterocycles. The zero-order chi connectivity index (χ0) is 16.2. The minimum atomic E-state index is -4.47. The molecular formula is C14H12ClF3N2O2. The number of aryl methyl sites for hydroxylation is 1. The van der Waals surface area contributed by atoms with E-state index in [1.54, 1.807) is 6.20 Å². The maximum absolute atomic E-state index is 12.8. The first-order valence-electron chi connectivity index (χ1n) is 6.50. The van der Waals surface area contributed by atoms with Gasteiger partial charge in [-0.25, -0.2) is 4.68 Å². The minimum Gasteiger partial charge on any atom is -0.390 e. The van der Waals surface area contributed by atoms with Crippen LogP contribution < -0.4 is 0 Å². The zero-order valence-corrected chi connectivity index (χ0v) is 12.2. The highest BCUT2D eigenvalue weighted by Crippen LogP contribution is 2.37. The standard InChI is InChI=1S/C14H12ClF3N2O2/c1-6-2-8(14(16,17)18)4-9(15)12(6)20-5-7-3-10(21)13(22)11(7)19-20/h2,4-5,10,13,21-22H,3H2,1H3. The topological polar surface area (TPSA) is 58.3 Å². The van der Waals surface area contributed by atoms with Gasteiger partial charge in [-0.3, -0.25) is 0 Å². The molecule has 4 nitrogen and oxygen atoms in total. The van der Waals surface area contributed by atoms with Gasteiger partial charge in [0.25, 0.3) is 0 Å². The minimum absolute atomic E-state index is 0.0801. The van der Waals surface area contributed by atoms with Crippen molar-refractivity contribution in [1.29, 1.82) is 0 Å². The van der Waals surface area contributed by atoms with Crippen molar-refractivity contribution >= 4 is 11.6 Å². The Balaban J connectivity index is 2.07. The van der Waals surface area contributed by atoms with Crippen molar-refractivity contribution in [2.75, 3.05) is 0 Å². The number of fused-ring (bicyclic) bond motifs is 1. The number of aliphatic hydroxyl groups excluding tert-OH is 2. The van der Waals surface area contributed by atoms with E-state index >= 15 is 0 Å². The van der Waals surface area contributed by atoms with Crippen LogP contribution in [0.15, 0.2) is 18.3 Å². The van der Waals surface area contributed by atoms with Crippen LogP contribution in [0.2, 0.25) is 5.02 Å². The molecule has 118 valence electrons. The lowest BCUT2D eigenvalue weighted by Gasteiger charge is -2.14. The summed E-state index contributed by atoms with van der Waals surface area (Å²) in [5, 5.41) is 23.4. The van der Waals surface area contributed by atoms with Gasteiger partial charge in [-0.2, -0.15) is 18.3 Å². The monoisotopic (exact) mass is 332 g/mol. The number of hydrogen-bond acceptors (Lipinski definition) is 3. The van der Waals surface area contributed by atoms with E-state index in [9.17, 15) is 23.4 Å². The van der Waals surface area contributed by atoms with Crippen molar-refractivity contribution in [3.63, 3.8) is 0 Å². The van der Waals surface area contributed by atoms with E-state index in [2.05, 4.69) is 5.10 Å². The summed E-state index contributed by atoms with van der Waals surface area (Å²) in [6.07, 6.45) is -4.66. The first-order chi connectivity index (χ1) is 10.2. The molecule has 2 aromatic rings. The quantitative estimate of drug-likeness (QED) is 0.844. The molecule has 0 saturated heterocycles. The Kier molecular flexibility index (Phi) is 3.47. The summed E-state index contributed by atoms with van der Waals surface area (Å²) in [6.45, 7) is 1.51. The number of nitrogens with zero attached hydrogens (tertiary/aromatic N) is 2. The normalized spacial score (nSPS) is 21.2. The lowest BCUT2D eigenvalue weighted by molar-refractivity contribution is -0.137. The largest absolute Gasteiger partial charge is 0.416 e. The smallest absolute Gasteiger partial charge is 0.390 e. The average molecular weight is 333 g/mol. The Morgan fingerprint density at radius 2 is 2.00 bits per heavy atom. The molecular weight excluding hydrogens is 321 g/mol. The summed E-state index contributed by atoms with van der Waals surface area (Å²) in [7, 11) is 0. The molecule has 1 aliphatic rings. The highest BCUT2D eigenvalue weighted by Gasteiger charge is 2.34. The third kappa shape index (κ3) is 2.39. The van der Waals surface area contributed by atoms with Gasteiger partial charge in [-0.05, 0) is 30.2 Å². The summed E-state index contributed by atoms with van der Waals surface area (Å²) in [6, 6.07) is 1.85. The highest BCUT2D eigenvalue weighted by molar-refractivity contribution is 6.32. The van der Waals surface area contributed by atoms with Crippen LogP contribution in [0, 0.1) is 6.92 Å². The van der Waals surface area contributed by atoms with E-state index in [0.29, 0.717) is 22.5 Å². The third-order valence-electron chi connectivity index (χ3n) is 3.71. The van der Waals surface area contributed by atoms with E-state index in [4.69, 9.17) is 11.6 Å². The first kappa shape index (κ1) is 15.3. The Labute approximate surface area is 128 Å². The van der Waals surface area contributed by atoms with Gasteiger partial charge in [0.05, 0.1) is 28.1 Å². The van der Waals surface area contributed by atoms with Gasteiger partial charge in [-0.15, -0.1) is 0 Å². The molecule has 22 heavy (non-hydrogen) atoms. The number of hydrogen-bond donors (Lipinski definition) is 2. The molecule has 8 heteroatoms. The van der Waals surface area contributed by atoms with Crippen LogP contribution >= 0.6 is 11.6 Å². The van der Waals surface area contributed by atoms with Crippen molar-refractivity contribution in [1.82, 2.24) is 9.78 Å². The SMILES string of the molecule is Cc1cc(C(F)(F)F)cc(Cl)c1-n1cc2c(n1)C(O)C(O)C2. The van der Waals surface area contributed by atoms with Crippen molar-refractivity contribution in [2.24, 2.45) is 0 Å². The molecule has 0 radical (unpaired) electrons. The molecule has 2 unspecified atom stereocenters. The molecule has 0 spiro atoms. The fourth-order valence-electron chi connectivity index (χ4n) is 2.65. The summed E-state index contributed by atoms with van der Waals surface area (Å²) in [4.78, 5) is 0.